The molecule has 0 radical (unpaired) electrons. The molecule has 0 aromatic carbocycles. The van der Waals surface area contributed by atoms with Crippen LogP contribution in [0.5, 0.6) is 0 Å². The average Bonchev–Trinajstić information content (AvgIpc) is 2.67. The van der Waals surface area contributed by atoms with Gasteiger partial charge in [-0.2, -0.15) is 0 Å². The zero-order chi connectivity index (χ0) is 23.1. The summed E-state index contributed by atoms with van der Waals surface area (Å²) < 4.78 is 11.0. The fourth-order valence-corrected chi connectivity index (χ4v) is 3.43. The minimum atomic E-state index is -2.46. The lowest BCUT2D eigenvalue weighted by atomic mass is 9.79. The number of carbonyl (C=O) groups excluding carboxylic acids is 2. The van der Waals surface area contributed by atoms with Gasteiger partial charge in [0.15, 0.2) is 11.9 Å². The fourth-order valence-electron chi connectivity index (χ4n) is 3.43. The summed E-state index contributed by atoms with van der Waals surface area (Å²) in [5.74, 6) is -4.04. The number of rotatable bonds is 10. The maximum absolute atomic E-state index is 13.2. The highest BCUT2D eigenvalue weighted by Gasteiger charge is 2.50. The van der Waals surface area contributed by atoms with Crippen LogP contribution in [0.25, 0.3) is 0 Å². The van der Waals surface area contributed by atoms with Crippen LogP contribution in [0.15, 0.2) is 0 Å². The van der Waals surface area contributed by atoms with Gasteiger partial charge in [0.1, 0.15) is 6.04 Å². The Morgan fingerprint density at radius 2 is 1.80 bits per heavy atom. The first kappa shape index (κ1) is 26.3. The molecule has 174 valence electrons. The Kier molecular flexibility index (Phi) is 9.71. The topological polar surface area (TPSA) is 134 Å². The predicted octanol–water partition coefficient (Wildman–Crippen LogP) is 1.28. The summed E-state index contributed by atoms with van der Waals surface area (Å²) in [6.07, 6.45) is 1.87. The number of likely N-dealkylation sites (N-methyl/N-ethyl adjacent to an activating group) is 1. The number of hydrogen-bond acceptors (Lipinski definition) is 6. The van der Waals surface area contributed by atoms with Gasteiger partial charge in [-0.05, 0) is 37.0 Å². The van der Waals surface area contributed by atoms with Crippen molar-refractivity contribution in [2.45, 2.75) is 78.2 Å². The van der Waals surface area contributed by atoms with E-state index < -0.39 is 53.7 Å². The van der Waals surface area contributed by atoms with Crippen LogP contribution in [0.1, 0.15) is 60.3 Å². The van der Waals surface area contributed by atoms with Crippen LogP contribution in [0.2, 0.25) is 0 Å². The molecule has 1 rings (SSSR count). The number of amides is 2. The maximum atomic E-state index is 13.2. The molecule has 1 saturated heterocycles. The van der Waals surface area contributed by atoms with Crippen LogP contribution in [0.3, 0.4) is 0 Å². The Balaban J connectivity index is 3.12. The van der Waals surface area contributed by atoms with Gasteiger partial charge in [0, 0.05) is 13.7 Å². The van der Waals surface area contributed by atoms with E-state index in [4.69, 9.17) is 9.47 Å². The lowest BCUT2D eigenvalue weighted by Crippen LogP contribution is -2.60. The molecule has 30 heavy (non-hydrogen) atoms. The molecule has 1 aliphatic rings. The lowest BCUT2D eigenvalue weighted by Gasteiger charge is -2.36. The van der Waals surface area contributed by atoms with Crippen LogP contribution in [-0.4, -0.2) is 66.2 Å². The zero-order valence-corrected chi connectivity index (χ0v) is 19.0. The second kappa shape index (κ2) is 11.1. The normalized spacial score (nSPS) is 21.4. The first-order valence-electron chi connectivity index (χ1n) is 10.5. The third-order valence-electron chi connectivity index (χ3n) is 5.26. The van der Waals surface area contributed by atoms with E-state index >= 15 is 0 Å². The van der Waals surface area contributed by atoms with Gasteiger partial charge in [-0.1, -0.05) is 34.6 Å². The van der Waals surface area contributed by atoms with Gasteiger partial charge in [0.2, 0.25) is 11.8 Å². The Hall–Kier alpha value is -1.71. The van der Waals surface area contributed by atoms with Crippen LogP contribution in [0.4, 0.5) is 0 Å². The summed E-state index contributed by atoms with van der Waals surface area (Å²) in [5.41, 5.74) is -3.08. The van der Waals surface area contributed by atoms with E-state index in [0.29, 0.717) is 13.0 Å². The summed E-state index contributed by atoms with van der Waals surface area (Å²) >= 11 is 0. The molecule has 0 spiro atoms. The first-order valence-corrected chi connectivity index (χ1v) is 10.5. The highest BCUT2D eigenvalue weighted by Crippen LogP contribution is 2.29. The van der Waals surface area contributed by atoms with Crippen LogP contribution >= 0.6 is 0 Å². The molecule has 4 N–H and O–H groups in total. The number of ether oxygens (including phenoxy) is 2. The van der Waals surface area contributed by atoms with E-state index in [9.17, 15) is 24.6 Å². The molecular weight excluding hydrogens is 392 g/mol. The zero-order valence-electron chi connectivity index (χ0n) is 19.0. The van der Waals surface area contributed by atoms with Crippen molar-refractivity contribution in [2.24, 2.45) is 17.3 Å². The van der Waals surface area contributed by atoms with Crippen molar-refractivity contribution in [3.05, 3.63) is 0 Å². The molecule has 4 atom stereocenters. The van der Waals surface area contributed by atoms with Crippen LogP contribution in [-0.2, 0) is 23.9 Å². The summed E-state index contributed by atoms with van der Waals surface area (Å²) in [4.78, 5) is 37.5. The Bertz CT molecular complexity index is 597. The van der Waals surface area contributed by atoms with Gasteiger partial charge in [0.05, 0.1) is 12.5 Å². The van der Waals surface area contributed by atoms with E-state index in [-0.39, 0.29) is 12.3 Å². The highest BCUT2D eigenvalue weighted by atomic mass is 16.7. The molecular formula is C21H38N2O7. The number of hydrogen-bond donors (Lipinski definition) is 4. The van der Waals surface area contributed by atoms with Crippen molar-refractivity contribution in [3.63, 3.8) is 0 Å². The van der Waals surface area contributed by atoms with Crippen molar-refractivity contribution in [1.82, 2.24) is 10.6 Å². The minimum absolute atomic E-state index is 0.0781. The largest absolute Gasteiger partial charge is 0.479 e. The molecule has 0 saturated carbocycles. The number of carboxylic acids is 1. The van der Waals surface area contributed by atoms with Gasteiger partial charge < -0.3 is 30.3 Å². The number of carboxylic acid groups (broad SMARTS) is 1. The molecule has 1 aliphatic heterocycles. The number of aliphatic hydroxyl groups is 1. The quantitative estimate of drug-likeness (QED) is 0.410. The van der Waals surface area contributed by atoms with Crippen LogP contribution in [0, 0.1) is 17.3 Å². The smallest absolute Gasteiger partial charge is 0.339 e. The predicted molar refractivity (Wildman–Crippen MR) is 111 cm³/mol. The number of aliphatic carboxylic acids is 1. The fraction of sp³-hybridized carbons (Fsp3) is 0.857. The summed E-state index contributed by atoms with van der Waals surface area (Å²) in [6, 6.07) is -0.898. The van der Waals surface area contributed by atoms with Gasteiger partial charge in [-0.25, -0.2) is 4.79 Å². The molecule has 0 aliphatic carbocycles. The minimum Gasteiger partial charge on any atom is -0.479 e. The molecule has 0 aromatic heterocycles. The van der Waals surface area contributed by atoms with Gasteiger partial charge >= 0.3 is 5.97 Å². The van der Waals surface area contributed by atoms with E-state index in [1.165, 1.54) is 7.05 Å². The molecule has 9 heteroatoms. The van der Waals surface area contributed by atoms with Crippen LogP contribution < -0.4 is 10.6 Å². The van der Waals surface area contributed by atoms with E-state index in [1.807, 2.05) is 13.8 Å². The van der Waals surface area contributed by atoms with Crippen molar-refractivity contribution in [3.8, 4) is 0 Å². The third kappa shape index (κ3) is 7.21. The summed E-state index contributed by atoms with van der Waals surface area (Å²) in [6.45, 7) is 8.94. The van der Waals surface area contributed by atoms with Crippen molar-refractivity contribution < 1.29 is 34.1 Å². The summed E-state index contributed by atoms with van der Waals surface area (Å²) in [7, 11) is 1.46. The van der Waals surface area contributed by atoms with Gasteiger partial charge in [0.25, 0.3) is 0 Å². The standard InChI is InChI=1S/C21H38N2O7/c1-13(2)11-14(17(24)23-16(18(25)22-6)20(3,4)5)21(28,19(26)27)12-30-15-9-7-8-10-29-15/h13-16,28H,7-12H2,1-6H3,(H,22,25)(H,23,24)(H,26,27)/t14-,15?,16+,21+/m0/s1. The Labute approximate surface area is 178 Å². The maximum Gasteiger partial charge on any atom is 0.339 e. The number of nitrogens with one attached hydrogen (secondary N) is 2. The van der Waals surface area contributed by atoms with Crippen molar-refractivity contribution in [1.29, 1.82) is 0 Å². The average molecular weight is 431 g/mol. The molecule has 2 amide bonds. The molecule has 1 unspecified atom stereocenters. The second-order valence-electron chi connectivity index (χ2n) is 9.44. The highest BCUT2D eigenvalue weighted by molar-refractivity contribution is 5.93. The second-order valence-corrected chi connectivity index (χ2v) is 9.44. The Morgan fingerprint density at radius 1 is 1.17 bits per heavy atom. The molecule has 0 bridgehead atoms. The molecule has 0 aromatic rings. The van der Waals surface area contributed by atoms with E-state index in [0.717, 1.165) is 12.8 Å². The van der Waals surface area contributed by atoms with Crippen molar-refractivity contribution >= 4 is 17.8 Å². The number of carbonyl (C=O) groups is 3. The third-order valence-corrected chi connectivity index (χ3v) is 5.26. The van der Waals surface area contributed by atoms with Crippen molar-refractivity contribution in [2.75, 3.05) is 20.3 Å². The molecule has 9 nitrogen and oxygen atoms in total. The van der Waals surface area contributed by atoms with Gasteiger partial charge in [-0.15, -0.1) is 0 Å². The SMILES string of the molecule is CNC(=O)[C@@H](NC(=O)[C@H](CC(C)C)[C@](O)(COC1CCCCO1)C(=O)O)C(C)(C)C. The molecule has 1 heterocycles. The Morgan fingerprint density at radius 3 is 2.23 bits per heavy atom. The van der Waals surface area contributed by atoms with E-state index in [1.54, 1.807) is 20.8 Å². The van der Waals surface area contributed by atoms with Gasteiger partial charge in [-0.3, -0.25) is 9.59 Å². The first-order chi connectivity index (χ1) is 13.8. The van der Waals surface area contributed by atoms with E-state index in [2.05, 4.69) is 10.6 Å². The monoisotopic (exact) mass is 430 g/mol. The summed E-state index contributed by atoms with van der Waals surface area (Å²) in [5, 5.41) is 26.0. The molecule has 1 fully saturated rings. The lowest BCUT2D eigenvalue weighted by molar-refractivity contribution is -0.211.